The number of morpholine rings is 1. The van der Waals surface area contributed by atoms with Crippen molar-refractivity contribution in [1.29, 1.82) is 0 Å². The van der Waals surface area contributed by atoms with E-state index in [4.69, 9.17) is 4.74 Å². The number of likely N-dealkylation sites (tertiary alicyclic amines) is 1. The number of amides is 1. The number of nitrogens with zero attached hydrogens (tertiary/aromatic N) is 2. The number of carbonyl (C=O) groups is 2. The molecule has 0 radical (unpaired) electrons. The fraction of sp³-hybridized carbons (Fsp3) is 0.500. The molecule has 1 aromatic carbocycles. The molecule has 6 nitrogen and oxygen atoms in total. The number of hydrogen-bond acceptors (Lipinski definition) is 4. The molecule has 1 amide bonds. The lowest BCUT2D eigenvalue weighted by molar-refractivity contribution is -0.134. The average molecular weight is 358 g/mol. The van der Waals surface area contributed by atoms with E-state index in [1.165, 1.54) is 0 Å². The lowest BCUT2D eigenvalue weighted by Crippen LogP contribution is -2.46. The molecule has 26 heavy (non-hydrogen) atoms. The minimum absolute atomic E-state index is 0.200. The average Bonchev–Trinajstić information content (AvgIpc) is 2.67. The topological polar surface area (TPSA) is 70.1 Å². The molecule has 2 fully saturated rings. The molecule has 0 atom stereocenters. The number of benzene rings is 1. The fourth-order valence-corrected chi connectivity index (χ4v) is 3.47. The second kappa shape index (κ2) is 8.96. The third-order valence-electron chi connectivity index (χ3n) is 5.09. The predicted molar refractivity (Wildman–Crippen MR) is 99.0 cm³/mol. The number of aromatic carboxylic acids is 1. The van der Waals surface area contributed by atoms with Gasteiger partial charge in [-0.05, 0) is 30.4 Å². The summed E-state index contributed by atoms with van der Waals surface area (Å²) >= 11 is 0. The molecular formula is C20H26N2O4. The van der Waals surface area contributed by atoms with Crippen LogP contribution in [0.3, 0.4) is 0 Å². The van der Waals surface area contributed by atoms with Gasteiger partial charge in [0, 0.05) is 26.2 Å². The molecule has 2 aliphatic heterocycles. The molecule has 6 heteroatoms. The first-order valence-electron chi connectivity index (χ1n) is 9.22. The maximum atomic E-state index is 12.4. The number of carbonyl (C=O) groups excluding carboxylic acids is 1. The van der Waals surface area contributed by atoms with E-state index in [1.807, 2.05) is 23.1 Å². The first-order chi connectivity index (χ1) is 12.6. The van der Waals surface area contributed by atoms with Gasteiger partial charge in [-0.25, -0.2) is 4.79 Å². The maximum absolute atomic E-state index is 12.4. The summed E-state index contributed by atoms with van der Waals surface area (Å²) in [6, 6.07) is 7.02. The van der Waals surface area contributed by atoms with E-state index in [2.05, 4.69) is 11.0 Å². The lowest BCUT2D eigenvalue weighted by Gasteiger charge is -2.33. The Labute approximate surface area is 154 Å². The number of allylic oxidation sites excluding steroid dienone is 1. The highest BCUT2D eigenvalue weighted by Gasteiger charge is 2.23. The van der Waals surface area contributed by atoms with Gasteiger partial charge in [0.2, 0.25) is 5.91 Å². The van der Waals surface area contributed by atoms with Gasteiger partial charge in [0.1, 0.15) is 0 Å². The molecule has 1 N–H and O–H groups in total. The number of carboxylic acid groups (broad SMARTS) is 1. The van der Waals surface area contributed by atoms with Gasteiger partial charge in [0.15, 0.2) is 0 Å². The predicted octanol–water partition coefficient (Wildman–Crippen LogP) is 1.97. The molecule has 140 valence electrons. The standard InChI is InChI=1S/C20H26N2O4/c23-19(15-21-11-13-26-14-12-21)22-9-7-16(8-10-22)5-6-17-3-1-2-4-18(17)20(24)25/h1-6,16H,7-15H2,(H,24,25)/b6-5+. The van der Waals surface area contributed by atoms with Gasteiger partial charge in [-0.15, -0.1) is 0 Å². The first kappa shape index (κ1) is 18.6. The second-order valence-corrected chi connectivity index (χ2v) is 6.86. The zero-order valence-corrected chi connectivity index (χ0v) is 15.0. The molecule has 0 unspecified atom stereocenters. The van der Waals surface area contributed by atoms with Crippen LogP contribution in [0.5, 0.6) is 0 Å². The van der Waals surface area contributed by atoms with E-state index in [9.17, 15) is 14.7 Å². The van der Waals surface area contributed by atoms with Crippen LogP contribution in [0.2, 0.25) is 0 Å². The van der Waals surface area contributed by atoms with Crippen LogP contribution in [0.1, 0.15) is 28.8 Å². The number of rotatable bonds is 5. The number of piperidine rings is 1. The Morgan fingerprint density at radius 2 is 1.81 bits per heavy atom. The van der Waals surface area contributed by atoms with Gasteiger partial charge < -0.3 is 14.7 Å². The van der Waals surface area contributed by atoms with Gasteiger partial charge in [-0.2, -0.15) is 0 Å². The molecule has 0 saturated carbocycles. The van der Waals surface area contributed by atoms with Crippen LogP contribution < -0.4 is 0 Å². The molecule has 3 rings (SSSR count). The Kier molecular flexibility index (Phi) is 6.41. The summed E-state index contributed by atoms with van der Waals surface area (Å²) in [7, 11) is 0. The third kappa shape index (κ3) is 4.93. The molecule has 0 aliphatic carbocycles. The van der Waals surface area contributed by atoms with Crippen LogP contribution in [-0.2, 0) is 9.53 Å². The van der Waals surface area contributed by atoms with Gasteiger partial charge >= 0.3 is 5.97 Å². The van der Waals surface area contributed by atoms with Gasteiger partial charge in [-0.1, -0.05) is 30.4 Å². The molecule has 2 aliphatic rings. The van der Waals surface area contributed by atoms with Crippen LogP contribution >= 0.6 is 0 Å². The van der Waals surface area contributed by atoms with Crippen LogP contribution in [0, 0.1) is 5.92 Å². The van der Waals surface area contributed by atoms with Crippen molar-refractivity contribution in [1.82, 2.24) is 9.80 Å². The Morgan fingerprint density at radius 1 is 1.12 bits per heavy atom. The Bertz CT molecular complexity index is 660. The van der Waals surface area contributed by atoms with Gasteiger partial charge in [0.05, 0.1) is 25.3 Å². The number of carboxylic acids is 1. The minimum Gasteiger partial charge on any atom is -0.478 e. The smallest absolute Gasteiger partial charge is 0.336 e. The molecule has 2 heterocycles. The zero-order chi connectivity index (χ0) is 18.4. The highest BCUT2D eigenvalue weighted by atomic mass is 16.5. The van der Waals surface area contributed by atoms with Crippen LogP contribution in [0.4, 0.5) is 0 Å². The maximum Gasteiger partial charge on any atom is 0.336 e. The normalized spacial score (nSPS) is 19.8. The highest BCUT2D eigenvalue weighted by Crippen LogP contribution is 2.21. The van der Waals surface area contributed by atoms with E-state index in [0.717, 1.165) is 44.6 Å². The van der Waals surface area contributed by atoms with E-state index >= 15 is 0 Å². The minimum atomic E-state index is -0.909. The van der Waals surface area contributed by atoms with E-state index in [-0.39, 0.29) is 5.91 Å². The Morgan fingerprint density at radius 3 is 2.50 bits per heavy atom. The number of hydrogen-bond donors (Lipinski definition) is 1. The van der Waals surface area contributed by atoms with Crippen molar-refractivity contribution in [3.8, 4) is 0 Å². The van der Waals surface area contributed by atoms with Gasteiger partial charge in [-0.3, -0.25) is 9.69 Å². The van der Waals surface area contributed by atoms with Crippen LogP contribution in [0.25, 0.3) is 6.08 Å². The summed E-state index contributed by atoms with van der Waals surface area (Å²) < 4.78 is 5.32. The van der Waals surface area contributed by atoms with Crippen molar-refractivity contribution in [3.63, 3.8) is 0 Å². The Balaban J connectivity index is 1.49. The molecular weight excluding hydrogens is 332 g/mol. The monoisotopic (exact) mass is 358 g/mol. The quantitative estimate of drug-likeness (QED) is 0.871. The molecule has 2 saturated heterocycles. The molecule has 0 aromatic heterocycles. The molecule has 0 spiro atoms. The fourth-order valence-electron chi connectivity index (χ4n) is 3.47. The zero-order valence-electron chi connectivity index (χ0n) is 15.0. The first-order valence-corrected chi connectivity index (χ1v) is 9.22. The Hall–Kier alpha value is -2.18. The molecule has 1 aromatic rings. The summed E-state index contributed by atoms with van der Waals surface area (Å²) in [5.41, 5.74) is 1.05. The van der Waals surface area contributed by atoms with Crippen molar-refractivity contribution >= 4 is 18.0 Å². The molecule has 0 bridgehead atoms. The van der Waals surface area contributed by atoms with Crippen molar-refractivity contribution in [2.75, 3.05) is 45.9 Å². The van der Waals surface area contributed by atoms with Crippen molar-refractivity contribution in [3.05, 3.63) is 41.5 Å². The van der Waals surface area contributed by atoms with Crippen LogP contribution in [-0.4, -0.2) is 72.7 Å². The second-order valence-electron chi connectivity index (χ2n) is 6.86. The van der Waals surface area contributed by atoms with Crippen molar-refractivity contribution in [2.45, 2.75) is 12.8 Å². The SMILES string of the molecule is O=C(O)c1ccccc1/C=C/C1CCN(C(=O)CN2CCOCC2)CC1. The van der Waals surface area contributed by atoms with E-state index in [0.29, 0.717) is 31.2 Å². The van der Waals surface area contributed by atoms with E-state index in [1.54, 1.807) is 12.1 Å². The number of ether oxygens (including phenoxy) is 1. The lowest BCUT2D eigenvalue weighted by atomic mass is 9.95. The summed E-state index contributed by atoms with van der Waals surface area (Å²) in [5.74, 6) is -0.330. The summed E-state index contributed by atoms with van der Waals surface area (Å²) in [6.45, 7) is 5.07. The summed E-state index contributed by atoms with van der Waals surface area (Å²) in [5, 5.41) is 9.24. The van der Waals surface area contributed by atoms with E-state index < -0.39 is 5.97 Å². The summed E-state index contributed by atoms with van der Waals surface area (Å²) in [6.07, 6.45) is 5.83. The largest absolute Gasteiger partial charge is 0.478 e. The third-order valence-corrected chi connectivity index (χ3v) is 5.09. The summed E-state index contributed by atoms with van der Waals surface area (Å²) in [4.78, 5) is 27.8. The van der Waals surface area contributed by atoms with Crippen LogP contribution in [0.15, 0.2) is 30.3 Å². The van der Waals surface area contributed by atoms with Crippen molar-refractivity contribution in [2.24, 2.45) is 5.92 Å². The highest BCUT2D eigenvalue weighted by molar-refractivity contribution is 5.92. The van der Waals surface area contributed by atoms with Crippen molar-refractivity contribution < 1.29 is 19.4 Å². The van der Waals surface area contributed by atoms with Gasteiger partial charge in [0.25, 0.3) is 0 Å².